The lowest BCUT2D eigenvalue weighted by Crippen LogP contribution is -2.38. The Labute approximate surface area is 163 Å². The van der Waals surface area contributed by atoms with Crippen LogP contribution in [0.25, 0.3) is 0 Å². The van der Waals surface area contributed by atoms with E-state index in [1.54, 1.807) is 6.07 Å². The van der Waals surface area contributed by atoms with Gasteiger partial charge in [-0.05, 0) is 36.8 Å². The number of ketones is 1. The fourth-order valence-corrected chi connectivity index (χ4v) is 4.12. The number of fused-ring (bicyclic) bond motifs is 1. The highest BCUT2D eigenvalue weighted by molar-refractivity contribution is 6.31. The van der Waals surface area contributed by atoms with E-state index in [1.165, 1.54) is 24.2 Å². The number of hydrogen-bond acceptors (Lipinski definition) is 3. The number of phenols is 1. The first-order valence-electron chi connectivity index (χ1n) is 9.01. The zero-order chi connectivity index (χ0) is 19.0. The van der Waals surface area contributed by atoms with Crippen molar-refractivity contribution in [1.29, 1.82) is 0 Å². The first kappa shape index (κ1) is 17.8. The monoisotopic (exact) mass is 380 g/mol. The number of aromatic nitrogens is 1. The van der Waals surface area contributed by atoms with Gasteiger partial charge in [-0.3, -0.25) is 9.69 Å². The summed E-state index contributed by atoms with van der Waals surface area (Å²) in [6.07, 6.45) is 2.10. The number of phenolic OH excluding ortho intramolecular Hbond substituents is 1. The van der Waals surface area contributed by atoms with Crippen molar-refractivity contribution in [3.8, 4) is 5.75 Å². The Morgan fingerprint density at radius 1 is 1.15 bits per heavy atom. The van der Waals surface area contributed by atoms with Crippen LogP contribution in [-0.4, -0.2) is 26.9 Å². The predicted octanol–water partition coefficient (Wildman–Crippen LogP) is 4.65. The molecule has 27 heavy (non-hydrogen) atoms. The third-order valence-corrected chi connectivity index (χ3v) is 5.38. The Bertz CT molecular complexity index is 981. The highest BCUT2D eigenvalue weighted by atomic mass is 35.5. The van der Waals surface area contributed by atoms with E-state index in [0.717, 1.165) is 13.1 Å². The molecular formula is C22H21ClN2O2. The number of benzene rings is 2. The number of aromatic hydroxyl groups is 1. The lowest BCUT2D eigenvalue weighted by Gasteiger charge is -2.37. The highest BCUT2D eigenvalue weighted by Crippen LogP contribution is 2.36. The van der Waals surface area contributed by atoms with Crippen molar-refractivity contribution < 1.29 is 9.90 Å². The molecule has 1 atom stereocenters. The molecule has 3 aromatic rings. The molecule has 0 fully saturated rings. The van der Waals surface area contributed by atoms with Crippen LogP contribution in [0.4, 0.5) is 0 Å². The lowest BCUT2D eigenvalue weighted by molar-refractivity contribution is 0.101. The van der Waals surface area contributed by atoms with Gasteiger partial charge in [0.15, 0.2) is 5.78 Å². The van der Waals surface area contributed by atoms with Gasteiger partial charge in [-0.25, -0.2) is 0 Å². The van der Waals surface area contributed by atoms with Crippen molar-refractivity contribution >= 4 is 17.4 Å². The Balaban J connectivity index is 1.74. The largest absolute Gasteiger partial charge is 0.507 e. The third kappa shape index (κ3) is 3.38. The highest BCUT2D eigenvalue weighted by Gasteiger charge is 2.29. The van der Waals surface area contributed by atoms with Crippen LogP contribution < -0.4 is 0 Å². The van der Waals surface area contributed by atoms with Gasteiger partial charge >= 0.3 is 0 Å². The summed E-state index contributed by atoms with van der Waals surface area (Å²) in [5.74, 6) is -0.164. The van der Waals surface area contributed by atoms with Crippen molar-refractivity contribution in [3.05, 3.63) is 88.2 Å². The van der Waals surface area contributed by atoms with E-state index in [-0.39, 0.29) is 23.1 Å². The molecule has 1 aliphatic heterocycles. The zero-order valence-electron chi connectivity index (χ0n) is 15.1. The fraction of sp³-hybridized carbons (Fsp3) is 0.227. The summed E-state index contributed by atoms with van der Waals surface area (Å²) in [6, 6.07) is 17.9. The van der Waals surface area contributed by atoms with Crippen LogP contribution in [0.5, 0.6) is 5.75 Å². The molecule has 0 saturated carbocycles. The van der Waals surface area contributed by atoms with Crippen molar-refractivity contribution in [3.63, 3.8) is 0 Å². The minimum atomic E-state index is -0.191. The van der Waals surface area contributed by atoms with Crippen LogP contribution in [0.15, 0.2) is 60.8 Å². The van der Waals surface area contributed by atoms with E-state index < -0.39 is 0 Å². The summed E-state index contributed by atoms with van der Waals surface area (Å²) >= 11 is 6.21. The fourth-order valence-electron chi connectivity index (χ4n) is 3.88. The topological polar surface area (TPSA) is 45.5 Å². The third-order valence-electron chi connectivity index (χ3n) is 5.16. The van der Waals surface area contributed by atoms with Crippen molar-refractivity contribution in [1.82, 2.24) is 9.47 Å². The number of rotatable bonds is 4. The quantitative estimate of drug-likeness (QED) is 0.670. The maximum Gasteiger partial charge on any atom is 0.163 e. The van der Waals surface area contributed by atoms with Gasteiger partial charge in [0.2, 0.25) is 0 Å². The normalized spacial score (nSPS) is 16.9. The number of carbonyl (C=O) groups is 1. The Kier molecular flexibility index (Phi) is 4.77. The van der Waals surface area contributed by atoms with Crippen molar-refractivity contribution in [2.24, 2.45) is 0 Å². The molecule has 1 aromatic heterocycles. The minimum Gasteiger partial charge on any atom is -0.507 e. The van der Waals surface area contributed by atoms with Crippen molar-refractivity contribution in [2.75, 3.05) is 6.54 Å². The molecule has 0 saturated heterocycles. The van der Waals surface area contributed by atoms with E-state index in [4.69, 9.17) is 11.6 Å². The second-order valence-electron chi connectivity index (χ2n) is 6.93. The van der Waals surface area contributed by atoms with Gasteiger partial charge in [0.05, 0.1) is 11.6 Å². The number of carbonyl (C=O) groups excluding carboxylic acids is 1. The summed E-state index contributed by atoms with van der Waals surface area (Å²) in [4.78, 5) is 14.2. The van der Waals surface area contributed by atoms with Gasteiger partial charge in [-0.2, -0.15) is 0 Å². The molecule has 1 N–H and O–H groups in total. The first-order chi connectivity index (χ1) is 13.0. The minimum absolute atomic E-state index is 0.0275. The maximum atomic E-state index is 11.8. The average molecular weight is 381 g/mol. The maximum absolute atomic E-state index is 11.8. The van der Waals surface area contributed by atoms with E-state index in [2.05, 4.69) is 39.9 Å². The summed E-state index contributed by atoms with van der Waals surface area (Å²) in [5, 5.41) is 11.1. The summed E-state index contributed by atoms with van der Waals surface area (Å²) in [6.45, 7) is 3.67. The molecule has 0 aliphatic carbocycles. The second kappa shape index (κ2) is 7.22. The molecule has 0 bridgehead atoms. The van der Waals surface area contributed by atoms with Crippen LogP contribution in [0.2, 0.25) is 5.02 Å². The second-order valence-corrected chi connectivity index (χ2v) is 7.36. The van der Waals surface area contributed by atoms with Gasteiger partial charge in [0, 0.05) is 42.1 Å². The smallest absolute Gasteiger partial charge is 0.163 e. The van der Waals surface area contributed by atoms with Crippen LogP contribution in [0, 0.1) is 0 Å². The molecule has 1 unspecified atom stereocenters. The Morgan fingerprint density at radius 2 is 1.93 bits per heavy atom. The lowest BCUT2D eigenvalue weighted by atomic mass is 9.98. The van der Waals surface area contributed by atoms with Gasteiger partial charge in [0.1, 0.15) is 5.75 Å². The first-order valence-corrected chi connectivity index (χ1v) is 9.38. The van der Waals surface area contributed by atoms with Gasteiger partial charge < -0.3 is 9.67 Å². The van der Waals surface area contributed by atoms with Crippen LogP contribution in [0.3, 0.4) is 0 Å². The molecular weight excluding hydrogens is 360 g/mol. The standard InChI is InChI=1S/C22H21ClN2O2/c1-15(26)19-13-18(23)12-17(22(19)27)14-25-11-10-24-9-5-8-20(24)21(25)16-6-3-2-4-7-16/h2-9,12-13,21,27H,10-11,14H2,1H3. The molecule has 0 spiro atoms. The number of nitrogens with zero attached hydrogens (tertiary/aromatic N) is 2. The molecule has 4 nitrogen and oxygen atoms in total. The Morgan fingerprint density at radius 3 is 2.67 bits per heavy atom. The summed E-state index contributed by atoms with van der Waals surface area (Å²) in [7, 11) is 0. The van der Waals surface area contributed by atoms with Crippen LogP contribution in [-0.2, 0) is 13.1 Å². The molecule has 2 heterocycles. The average Bonchev–Trinajstić information content (AvgIpc) is 3.13. The number of hydrogen-bond donors (Lipinski definition) is 1. The van der Waals surface area contributed by atoms with Crippen molar-refractivity contribution in [2.45, 2.75) is 26.1 Å². The SMILES string of the molecule is CC(=O)c1cc(Cl)cc(CN2CCn3cccc3C2c2ccccc2)c1O. The summed E-state index contributed by atoms with van der Waals surface area (Å²) < 4.78 is 2.27. The molecule has 4 rings (SSSR count). The molecule has 0 amide bonds. The number of Topliss-reactive ketones (excluding diaryl/α,β-unsaturated/α-hetero) is 1. The van der Waals surface area contributed by atoms with Gasteiger partial charge in [-0.15, -0.1) is 0 Å². The van der Waals surface area contributed by atoms with Crippen LogP contribution >= 0.6 is 11.6 Å². The van der Waals surface area contributed by atoms with Gasteiger partial charge in [-0.1, -0.05) is 41.9 Å². The molecule has 1 aliphatic rings. The van der Waals surface area contributed by atoms with Gasteiger partial charge in [0.25, 0.3) is 0 Å². The predicted molar refractivity (Wildman–Crippen MR) is 106 cm³/mol. The van der Waals surface area contributed by atoms with E-state index in [1.807, 2.05) is 18.2 Å². The van der Waals surface area contributed by atoms with E-state index in [9.17, 15) is 9.90 Å². The molecule has 0 radical (unpaired) electrons. The molecule has 2 aromatic carbocycles. The van der Waals surface area contributed by atoms with E-state index in [0.29, 0.717) is 17.1 Å². The van der Waals surface area contributed by atoms with Crippen LogP contribution in [0.1, 0.15) is 40.1 Å². The summed E-state index contributed by atoms with van der Waals surface area (Å²) in [5.41, 5.74) is 3.37. The van der Waals surface area contributed by atoms with E-state index >= 15 is 0 Å². The zero-order valence-corrected chi connectivity index (χ0v) is 15.9. The molecule has 138 valence electrons. The molecule has 5 heteroatoms. The number of halogens is 1. The Hall–Kier alpha value is -2.56.